The molecule has 1 heteroatoms. The number of hydrogen-bond acceptors (Lipinski definition) is 1. The van der Waals surface area contributed by atoms with Crippen LogP contribution in [0.2, 0.25) is 0 Å². The summed E-state index contributed by atoms with van der Waals surface area (Å²) in [4.78, 5) is 0. The van der Waals surface area contributed by atoms with E-state index in [0.717, 1.165) is 12.8 Å². The quantitative estimate of drug-likeness (QED) is 0.718. The molecule has 0 amide bonds. The summed E-state index contributed by atoms with van der Waals surface area (Å²) in [6.07, 6.45) is 1.83. The largest absolute Gasteiger partial charge is 0.198 e. The molecule has 15 heavy (non-hydrogen) atoms. The second-order valence-electron chi connectivity index (χ2n) is 4.11. The van der Waals surface area contributed by atoms with Crippen LogP contribution in [-0.2, 0) is 0 Å². The van der Waals surface area contributed by atoms with Gasteiger partial charge in [0.1, 0.15) is 0 Å². The fourth-order valence-electron chi connectivity index (χ4n) is 2.18. The highest BCUT2D eigenvalue weighted by Gasteiger charge is 2.33. The van der Waals surface area contributed by atoms with Crippen LogP contribution in [0.25, 0.3) is 0 Å². The van der Waals surface area contributed by atoms with Crippen molar-refractivity contribution in [2.45, 2.75) is 39.5 Å². The second kappa shape index (κ2) is 4.98. The molecule has 0 bridgehead atoms. The van der Waals surface area contributed by atoms with E-state index in [4.69, 9.17) is 0 Å². The van der Waals surface area contributed by atoms with E-state index in [0.29, 0.717) is 5.92 Å². The number of rotatable bonds is 4. The van der Waals surface area contributed by atoms with Crippen molar-refractivity contribution in [1.82, 2.24) is 0 Å². The minimum absolute atomic E-state index is 0.207. The zero-order valence-corrected chi connectivity index (χ0v) is 9.83. The van der Waals surface area contributed by atoms with Gasteiger partial charge in [-0.25, -0.2) is 0 Å². The molecule has 0 radical (unpaired) electrons. The first-order chi connectivity index (χ1) is 7.20. The van der Waals surface area contributed by atoms with Crippen molar-refractivity contribution in [3.05, 3.63) is 35.9 Å². The van der Waals surface area contributed by atoms with E-state index in [-0.39, 0.29) is 5.41 Å². The van der Waals surface area contributed by atoms with E-state index in [1.165, 1.54) is 5.56 Å². The summed E-state index contributed by atoms with van der Waals surface area (Å²) in [6, 6.07) is 12.8. The molecule has 0 saturated carbocycles. The minimum Gasteiger partial charge on any atom is -0.198 e. The maximum Gasteiger partial charge on any atom is 0.0695 e. The summed E-state index contributed by atoms with van der Waals surface area (Å²) >= 11 is 0. The van der Waals surface area contributed by atoms with Gasteiger partial charge in [0.2, 0.25) is 0 Å². The van der Waals surface area contributed by atoms with Gasteiger partial charge in [0.25, 0.3) is 0 Å². The standard InChI is InChI=1S/C14H19N/c1-4-14(5-2,11-15)12(3)13-9-7-6-8-10-13/h6-10,12H,4-5H2,1-3H3. The van der Waals surface area contributed by atoms with Gasteiger partial charge in [-0.3, -0.25) is 0 Å². The Morgan fingerprint density at radius 1 is 1.20 bits per heavy atom. The molecule has 80 valence electrons. The van der Waals surface area contributed by atoms with Gasteiger partial charge in [0.05, 0.1) is 11.5 Å². The maximum atomic E-state index is 9.36. The summed E-state index contributed by atoms with van der Waals surface area (Å²) in [5.74, 6) is 0.304. The molecule has 0 aliphatic carbocycles. The molecule has 0 aliphatic heterocycles. The molecule has 0 aromatic heterocycles. The lowest BCUT2D eigenvalue weighted by Crippen LogP contribution is -2.24. The van der Waals surface area contributed by atoms with Crippen LogP contribution >= 0.6 is 0 Å². The molecule has 0 heterocycles. The van der Waals surface area contributed by atoms with Gasteiger partial charge in [-0.05, 0) is 24.3 Å². The number of hydrogen-bond donors (Lipinski definition) is 0. The number of nitriles is 1. The average Bonchev–Trinajstić information content (AvgIpc) is 2.33. The third-order valence-corrected chi connectivity index (χ3v) is 3.61. The molecule has 0 fully saturated rings. The van der Waals surface area contributed by atoms with Crippen LogP contribution in [0.15, 0.2) is 30.3 Å². The minimum atomic E-state index is -0.207. The van der Waals surface area contributed by atoms with Gasteiger partial charge in [0, 0.05) is 0 Å². The lowest BCUT2D eigenvalue weighted by atomic mass is 9.70. The van der Waals surface area contributed by atoms with Gasteiger partial charge in [-0.2, -0.15) is 5.26 Å². The molecule has 1 rings (SSSR count). The van der Waals surface area contributed by atoms with Crippen molar-refractivity contribution < 1.29 is 0 Å². The zero-order chi connectivity index (χ0) is 11.3. The van der Waals surface area contributed by atoms with Gasteiger partial charge in [0.15, 0.2) is 0 Å². The molecule has 1 unspecified atom stereocenters. The van der Waals surface area contributed by atoms with E-state index in [1.807, 2.05) is 18.2 Å². The fraction of sp³-hybridized carbons (Fsp3) is 0.500. The summed E-state index contributed by atoms with van der Waals surface area (Å²) in [6.45, 7) is 6.36. The molecule has 0 N–H and O–H groups in total. The second-order valence-corrected chi connectivity index (χ2v) is 4.11. The van der Waals surface area contributed by atoms with Crippen molar-refractivity contribution in [2.75, 3.05) is 0 Å². The Balaban J connectivity index is 3.02. The van der Waals surface area contributed by atoms with Crippen molar-refractivity contribution in [3.63, 3.8) is 0 Å². The van der Waals surface area contributed by atoms with Gasteiger partial charge in [-0.15, -0.1) is 0 Å². The average molecular weight is 201 g/mol. The molecule has 1 aromatic carbocycles. The number of benzene rings is 1. The maximum absolute atomic E-state index is 9.36. The first-order valence-electron chi connectivity index (χ1n) is 5.66. The first kappa shape index (κ1) is 11.8. The van der Waals surface area contributed by atoms with Gasteiger partial charge in [-0.1, -0.05) is 51.1 Å². The SMILES string of the molecule is CCC(C#N)(CC)C(C)c1ccccc1. The topological polar surface area (TPSA) is 23.8 Å². The smallest absolute Gasteiger partial charge is 0.0695 e. The lowest BCUT2D eigenvalue weighted by Gasteiger charge is -2.31. The van der Waals surface area contributed by atoms with Crippen LogP contribution in [0.4, 0.5) is 0 Å². The molecular weight excluding hydrogens is 182 g/mol. The summed E-state index contributed by atoms with van der Waals surface area (Å²) < 4.78 is 0. The highest BCUT2D eigenvalue weighted by molar-refractivity contribution is 5.24. The molecule has 1 nitrogen and oxygen atoms in total. The third kappa shape index (κ3) is 2.21. The highest BCUT2D eigenvalue weighted by Crippen LogP contribution is 2.40. The highest BCUT2D eigenvalue weighted by atomic mass is 14.4. The van der Waals surface area contributed by atoms with E-state index in [9.17, 15) is 5.26 Å². The fourth-order valence-corrected chi connectivity index (χ4v) is 2.18. The van der Waals surface area contributed by atoms with Crippen LogP contribution in [0.5, 0.6) is 0 Å². The van der Waals surface area contributed by atoms with E-state index < -0.39 is 0 Å². The first-order valence-corrected chi connectivity index (χ1v) is 5.66. The predicted octanol–water partition coefficient (Wildman–Crippen LogP) is 4.12. The monoisotopic (exact) mass is 201 g/mol. The van der Waals surface area contributed by atoms with Gasteiger partial charge < -0.3 is 0 Å². The molecule has 1 aromatic rings. The van der Waals surface area contributed by atoms with Crippen LogP contribution in [0.3, 0.4) is 0 Å². The third-order valence-electron chi connectivity index (χ3n) is 3.61. The molecule has 0 saturated heterocycles. The predicted molar refractivity (Wildman–Crippen MR) is 63.5 cm³/mol. The van der Waals surface area contributed by atoms with Crippen molar-refractivity contribution in [3.8, 4) is 6.07 Å². The van der Waals surface area contributed by atoms with Crippen LogP contribution in [0.1, 0.15) is 45.1 Å². The van der Waals surface area contributed by atoms with Crippen molar-refractivity contribution >= 4 is 0 Å². The Hall–Kier alpha value is -1.29. The Morgan fingerprint density at radius 2 is 1.73 bits per heavy atom. The van der Waals surface area contributed by atoms with E-state index in [2.05, 4.69) is 39.0 Å². The molecule has 1 atom stereocenters. The van der Waals surface area contributed by atoms with Crippen LogP contribution in [0, 0.1) is 16.7 Å². The normalized spacial score (nSPS) is 13.2. The molecule has 0 aliphatic rings. The van der Waals surface area contributed by atoms with E-state index >= 15 is 0 Å². The zero-order valence-electron chi connectivity index (χ0n) is 9.83. The summed E-state index contributed by atoms with van der Waals surface area (Å²) in [5, 5.41) is 9.36. The van der Waals surface area contributed by atoms with E-state index in [1.54, 1.807) is 0 Å². The Morgan fingerprint density at radius 3 is 2.13 bits per heavy atom. The summed E-state index contributed by atoms with van der Waals surface area (Å²) in [7, 11) is 0. The summed E-state index contributed by atoms with van der Waals surface area (Å²) in [5.41, 5.74) is 1.06. The molecular formula is C14H19N. The van der Waals surface area contributed by atoms with Crippen molar-refractivity contribution in [2.24, 2.45) is 5.41 Å². The molecule has 0 spiro atoms. The number of nitrogens with zero attached hydrogens (tertiary/aromatic N) is 1. The van der Waals surface area contributed by atoms with Crippen LogP contribution < -0.4 is 0 Å². The lowest BCUT2D eigenvalue weighted by molar-refractivity contribution is 0.304. The van der Waals surface area contributed by atoms with Crippen molar-refractivity contribution in [1.29, 1.82) is 5.26 Å². The Labute approximate surface area is 92.7 Å². The van der Waals surface area contributed by atoms with Crippen LogP contribution in [-0.4, -0.2) is 0 Å². The Bertz CT molecular complexity index is 330. The Kier molecular flexibility index (Phi) is 3.91. The van der Waals surface area contributed by atoms with Gasteiger partial charge >= 0.3 is 0 Å².